The number of fused-ring (bicyclic) bond motifs is 6. The summed E-state index contributed by atoms with van der Waals surface area (Å²) in [6, 6.07) is 15.0. The van der Waals surface area contributed by atoms with Gasteiger partial charge in [0.1, 0.15) is 18.2 Å². The molecule has 1 atom stereocenters. The lowest BCUT2D eigenvalue weighted by Crippen LogP contribution is -2.21. The Hall–Kier alpha value is -5.20. The van der Waals surface area contributed by atoms with E-state index in [-0.39, 0.29) is 11.8 Å². The van der Waals surface area contributed by atoms with Gasteiger partial charge in [0.2, 0.25) is 0 Å². The fourth-order valence-corrected chi connectivity index (χ4v) is 6.19. The van der Waals surface area contributed by atoms with E-state index in [0.29, 0.717) is 36.4 Å². The molecule has 1 amide bonds. The molecule has 230 valence electrons. The fraction of sp³-hybridized carbons (Fsp3) is 0.182. The summed E-state index contributed by atoms with van der Waals surface area (Å²) in [5.74, 6) is 0.228. The lowest BCUT2D eigenvalue weighted by molar-refractivity contribution is -0.0964. The van der Waals surface area contributed by atoms with Crippen molar-refractivity contribution in [1.82, 2.24) is 29.3 Å². The van der Waals surface area contributed by atoms with Crippen molar-refractivity contribution in [3.8, 4) is 33.8 Å². The molecular formula is C33H24ClF2N7O3. The molecule has 0 unspecified atom stereocenters. The zero-order valence-corrected chi connectivity index (χ0v) is 25.0. The number of amides is 1. The molecule has 1 N–H and O–H groups in total. The van der Waals surface area contributed by atoms with E-state index < -0.39 is 11.5 Å². The number of rotatable bonds is 6. The average Bonchev–Trinajstić information content (AvgIpc) is 3.72. The zero-order chi connectivity index (χ0) is 31.6. The highest BCUT2D eigenvalue weighted by Gasteiger charge is 2.29. The summed E-state index contributed by atoms with van der Waals surface area (Å²) in [6.07, 6.45) is 7.98. The van der Waals surface area contributed by atoms with Crippen molar-refractivity contribution in [2.24, 2.45) is 0 Å². The fourth-order valence-electron chi connectivity index (χ4n) is 6.10. The second-order valence-corrected chi connectivity index (χ2v) is 11.7. The number of benzene rings is 2. The van der Waals surface area contributed by atoms with Gasteiger partial charge in [-0.3, -0.25) is 14.8 Å². The second kappa shape index (κ2) is 10.7. The number of carbonyl (C=O) groups excluding carboxylic acids is 1. The van der Waals surface area contributed by atoms with Gasteiger partial charge in [-0.15, -0.1) is 8.78 Å². The molecule has 0 saturated carbocycles. The van der Waals surface area contributed by atoms with Crippen LogP contribution < -0.4 is 10.1 Å². The van der Waals surface area contributed by atoms with Gasteiger partial charge in [0, 0.05) is 70.1 Å². The number of nitrogens with zero attached hydrogens (tertiary/aromatic N) is 6. The van der Waals surface area contributed by atoms with Crippen LogP contribution in [0.5, 0.6) is 5.75 Å². The first-order valence-corrected chi connectivity index (χ1v) is 14.9. The minimum absolute atomic E-state index is 0.0254. The largest absolute Gasteiger partial charge is 0.487 e. The number of ether oxygens (including phenoxy) is 2. The van der Waals surface area contributed by atoms with Gasteiger partial charge in [-0.25, -0.2) is 9.67 Å². The Bertz CT molecular complexity index is 2140. The third kappa shape index (κ3) is 5.05. The minimum Gasteiger partial charge on any atom is -0.420 e. The highest BCUT2D eigenvalue weighted by Crippen LogP contribution is 2.40. The number of carbonyl (C=O) groups is 1. The first-order valence-electron chi connectivity index (χ1n) is 14.5. The molecule has 5 heterocycles. The number of alkyl halides is 3. The first-order chi connectivity index (χ1) is 22.2. The maximum atomic E-state index is 13.6. The zero-order valence-electron chi connectivity index (χ0n) is 24.2. The number of pyridine rings is 2. The molecule has 0 radical (unpaired) electrons. The van der Waals surface area contributed by atoms with Crippen LogP contribution in [0.2, 0.25) is 0 Å². The maximum absolute atomic E-state index is 13.6. The molecule has 10 nitrogen and oxygen atoms in total. The Balaban J connectivity index is 1.20. The number of nitrogens with one attached hydrogen (secondary N) is 1. The molecule has 46 heavy (non-hydrogen) atoms. The molecule has 0 bridgehead atoms. The molecule has 1 aliphatic carbocycles. The van der Waals surface area contributed by atoms with Gasteiger partial charge >= 0.3 is 5.57 Å². The Labute approximate surface area is 265 Å². The van der Waals surface area contributed by atoms with Crippen molar-refractivity contribution in [2.45, 2.75) is 31.6 Å². The molecule has 1 aliphatic heterocycles. The summed E-state index contributed by atoms with van der Waals surface area (Å²) in [5, 5.41) is 7.70. The van der Waals surface area contributed by atoms with E-state index >= 15 is 0 Å². The van der Waals surface area contributed by atoms with E-state index in [1.165, 1.54) is 24.3 Å². The number of imidazole rings is 1. The summed E-state index contributed by atoms with van der Waals surface area (Å²) in [4.78, 5) is 27.5. The second-order valence-electron chi connectivity index (χ2n) is 11.2. The van der Waals surface area contributed by atoms with E-state index in [1.807, 2.05) is 35.3 Å². The molecular weight excluding hydrogens is 616 g/mol. The molecule has 2 aromatic carbocycles. The number of hydrogen-bond donors (Lipinski definition) is 1. The van der Waals surface area contributed by atoms with Crippen LogP contribution in [0, 0.1) is 0 Å². The summed E-state index contributed by atoms with van der Waals surface area (Å²) in [5.41, 5.74) is 4.69. The van der Waals surface area contributed by atoms with Crippen LogP contribution in [0.3, 0.4) is 0 Å². The predicted molar refractivity (Wildman–Crippen MR) is 166 cm³/mol. The van der Waals surface area contributed by atoms with Crippen molar-refractivity contribution >= 4 is 34.2 Å². The van der Waals surface area contributed by atoms with Gasteiger partial charge < -0.3 is 19.4 Å². The van der Waals surface area contributed by atoms with Crippen molar-refractivity contribution in [3.05, 3.63) is 102 Å². The topological polar surface area (TPSA) is 109 Å². The lowest BCUT2D eigenvalue weighted by atomic mass is 9.99. The van der Waals surface area contributed by atoms with E-state index in [2.05, 4.69) is 32.6 Å². The summed E-state index contributed by atoms with van der Waals surface area (Å²) < 4.78 is 40.2. The number of anilines is 1. The number of hydrogen-bond acceptors (Lipinski definition) is 7. The van der Waals surface area contributed by atoms with Crippen LogP contribution >= 0.6 is 11.6 Å². The Morgan fingerprint density at radius 3 is 2.76 bits per heavy atom. The van der Waals surface area contributed by atoms with Crippen molar-refractivity contribution in [1.29, 1.82) is 0 Å². The van der Waals surface area contributed by atoms with Crippen molar-refractivity contribution < 1.29 is 23.0 Å². The van der Waals surface area contributed by atoms with E-state index in [0.717, 1.165) is 50.7 Å². The van der Waals surface area contributed by atoms with Crippen molar-refractivity contribution in [3.63, 3.8) is 0 Å². The van der Waals surface area contributed by atoms with Gasteiger partial charge in [-0.2, -0.15) is 5.10 Å². The average molecular weight is 640 g/mol. The van der Waals surface area contributed by atoms with Crippen LogP contribution in [0.15, 0.2) is 79.4 Å². The van der Waals surface area contributed by atoms with Crippen LogP contribution in [-0.4, -0.2) is 47.4 Å². The summed E-state index contributed by atoms with van der Waals surface area (Å²) >= 11 is 4.86. The lowest BCUT2D eigenvalue weighted by Gasteiger charge is -2.23. The quantitative estimate of drug-likeness (QED) is 0.200. The molecule has 8 rings (SSSR count). The first kappa shape index (κ1) is 28.3. The van der Waals surface area contributed by atoms with Crippen molar-refractivity contribution in [2.75, 3.05) is 11.9 Å². The van der Waals surface area contributed by atoms with Crippen LogP contribution in [-0.2, 0) is 17.8 Å². The van der Waals surface area contributed by atoms with Gasteiger partial charge in [0.15, 0.2) is 0 Å². The SMILES string of the molecule is C[C@@H]1COCc2nc3cc(C(=O)Nc4ccc(OC(F)(F)Cl)cc4)cc(-c4cnc5c(c4)-c4nn(-c6cccnc6)cc4C5)c3n21. The molecule has 4 aromatic heterocycles. The number of aromatic nitrogens is 6. The molecule has 6 aromatic rings. The Morgan fingerprint density at radius 2 is 1.98 bits per heavy atom. The molecule has 0 fully saturated rings. The highest BCUT2D eigenvalue weighted by atomic mass is 35.5. The standard InChI is InChI=1S/C33H24ClF2N7O3/c1-18-16-45-17-29-40-28-11-19(32(44)39-22-4-6-24(7-5-22)46-33(34,35)36)9-25(31(28)43(18)29)20-10-26-27(38-13-20)12-21-15-42(41-30(21)26)23-3-2-8-37-14-23/h2-11,13-15,18H,12,16-17H2,1H3,(H,39,44)/t18-/m1/s1. The predicted octanol–water partition coefficient (Wildman–Crippen LogP) is 6.76. The summed E-state index contributed by atoms with van der Waals surface area (Å²) in [6.45, 7) is 2.96. The number of halogens is 3. The van der Waals surface area contributed by atoms with Gasteiger partial charge in [-0.05, 0) is 61.5 Å². The van der Waals surface area contributed by atoms with Gasteiger partial charge in [-0.1, -0.05) is 0 Å². The third-order valence-electron chi connectivity index (χ3n) is 8.09. The van der Waals surface area contributed by atoms with Crippen LogP contribution in [0.25, 0.3) is 39.1 Å². The highest BCUT2D eigenvalue weighted by molar-refractivity contribution is 6.20. The van der Waals surface area contributed by atoms with E-state index in [4.69, 9.17) is 31.4 Å². The third-order valence-corrected chi connectivity index (χ3v) is 8.17. The van der Waals surface area contributed by atoms with E-state index in [9.17, 15) is 13.6 Å². The molecule has 2 aliphatic rings. The maximum Gasteiger partial charge on any atom is 0.487 e. The minimum atomic E-state index is -3.84. The van der Waals surface area contributed by atoms with E-state index in [1.54, 1.807) is 18.5 Å². The molecule has 0 saturated heterocycles. The molecule has 13 heteroatoms. The van der Waals surface area contributed by atoms with Gasteiger partial charge in [0.25, 0.3) is 5.91 Å². The summed E-state index contributed by atoms with van der Waals surface area (Å²) in [7, 11) is 0. The normalized spacial score (nSPS) is 15.3. The monoisotopic (exact) mass is 639 g/mol. The van der Waals surface area contributed by atoms with Crippen LogP contribution in [0.4, 0.5) is 14.5 Å². The Morgan fingerprint density at radius 1 is 1.13 bits per heavy atom. The molecule has 0 spiro atoms. The van der Waals surface area contributed by atoms with Crippen LogP contribution in [0.1, 0.15) is 40.4 Å². The Kier molecular flexibility index (Phi) is 6.59. The smallest absolute Gasteiger partial charge is 0.420 e. The van der Waals surface area contributed by atoms with Gasteiger partial charge in [0.05, 0.1) is 47.0 Å².